The number of rotatable bonds is 5. The molecule has 0 aromatic heterocycles. The van der Waals surface area contributed by atoms with Crippen molar-refractivity contribution >= 4 is 23.4 Å². The Morgan fingerprint density at radius 2 is 1.95 bits per heavy atom. The van der Waals surface area contributed by atoms with Crippen LogP contribution < -0.4 is 10.5 Å². The smallest absolute Gasteiger partial charge is 0.307 e. The molecule has 0 radical (unpaired) electrons. The second-order valence-electron chi connectivity index (χ2n) is 4.22. The van der Waals surface area contributed by atoms with Gasteiger partial charge in [-0.3, -0.25) is 4.79 Å². The molecule has 0 fully saturated rings. The van der Waals surface area contributed by atoms with Gasteiger partial charge >= 0.3 is 5.97 Å². The standard InChI is InChI=1S/C15H15NO3S/c1-19-11-4-7-14(13(16)9-11)20-12-5-2-10(3-6-12)8-15(17)18/h2-7,9H,8,16H2,1H3,(H,17,18). The SMILES string of the molecule is COc1ccc(Sc2ccc(CC(=O)O)cc2)c(N)c1. The Balaban J connectivity index is 2.12. The lowest BCUT2D eigenvalue weighted by Crippen LogP contribution is -1.99. The number of nitrogens with two attached hydrogens (primary N) is 1. The van der Waals surface area contributed by atoms with Gasteiger partial charge in [-0.05, 0) is 29.8 Å². The van der Waals surface area contributed by atoms with Gasteiger partial charge in [0, 0.05) is 21.5 Å². The lowest BCUT2D eigenvalue weighted by atomic mass is 10.2. The number of ether oxygens (including phenoxy) is 1. The van der Waals surface area contributed by atoms with Crippen molar-refractivity contribution in [2.75, 3.05) is 12.8 Å². The number of carbonyl (C=O) groups is 1. The second kappa shape index (κ2) is 6.34. The molecule has 5 heteroatoms. The van der Waals surface area contributed by atoms with Crippen molar-refractivity contribution in [2.24, 2.45) is 0 Å². The Bertz CT molecular complexity index is 611. The van der Waals surface area contributed by atoms with Gasteiger partial charge in [-0.15, -0.1) is 0 Å². The summed E-state index contributed by atoms with van der Waals surface area (Å²) in [5, 5.41) is 8.72. The Morgan fingerprint density at radius 3 is 2.50 bits per heavy atom. The highest BCUT2D eigenvalue weighted by Gasteiger charge is 2.05. The third-order valence-corrected chi connectivity index (χ3v) is 3.82. The summed E-state index contributed by atoms with van der Waals surface area (Å²) in [7, 11) is 1.60. The van der Waals surface area contributed by atoms with E-state index in [1.54, 1.807) is 13.2 Å². The van der Waals surface area contributed by atoms with E-state index in [2.05, 4.69) is 0 Å². The minimum absolute atomic E-state index is 0.0373. The van der Waals surface area contributed by atoms with E-state index in [0.29, 0.717) is 5.69 Å². The molecule has 2 aromatic carbocycles. The fourth-order valence-corrected chi connectivity index (χ4v) is 2.56. The third-order valence-electron chi connectivity index (χ3n) is 2.72. The van der Waals surface area contributed by atoms with E-state index in [1.165, 1.54) is 11.8 Å². The van der Waals surface area contributed by atoms with E-state index in [0.717, 1.165) is 21.1 Å². The molecule has 20 heavy (non-hydrogen) atoms. The number of hydrogen-bond acceptors (Lipinski definition) is 4. The van der Waals surface area contributed by atoms with Gasteiger partial charge in [0.05, 0.1) is 13.5 Å². The molecule has 0 spiro atoms. The molecule has 3 N–H and O–H groups in total. The van der Waals surface area contributed by atoms with Crippen LogP contribution in [0.2, 0.25) is 0 Å². The fraction of sp³-hybridized carbons (Fsp3) is 0.133. The molecule has 104 valence electrons. The first-order valence-electron chi connectivity index (χ1n) is 6.00. The van der Waals surface area contributed by atoms with Crippen LogP contribution in [-0.2, 0) is 11.2 Å². The van der Waals surface area contributed by atoms with Gasteiger partial charge in [0.1, 0.15) is 5.75 Å². The zero-order valence-electron chi connectivity index (χ0n) is 11.0. The Labute approximate surface area is 121 Å². The summed E-state index contributed by atoms with van der Waals surface area (Å²) < 4.78 is 5.11. The summed E-state index contributed by atoms with van der Waals surface area (Å²) >= 11 is 1.53. The lowest BCUT2D eigenvalue weighted by molar-refractivity contribution is -0.136. The van der Waals surface area contributed by atoms with Gasteiger partial charge in [0.25, 0.3) is 0 Å². The first-order valence-corrected chi connectivity index (χ1v) is 6.82. The maximum atomic E-state index is 10.6. The van der Waals surface area contributed by atoms with Crippen LogP contribution in [0.1, 0.15) is 5.56 Å². The first-order chi connectivity index (χ1) is 9.58. The van der Waals surface area contributed by atoms with Crippen LogP contribution in [0.3, 0.4) is 0 Å². The van der Waals surface area contributed by atoms with E-state index in [-0.39, 0.29) is 6.42 Å². The summed E-state index contributed by atoms with van der Waals surface area (Å²) in [4.78, 5) is 12.6. The van der Waals surface area contributed by atoms with Crippen LogP contribution in [0, 0.1) is 0 Å². The quantitative estimate of drug-likeness (QED) is 0.828. The highest BCUT2D eigenvalue weighted by atomic mass is 32.2. The summed E-state index contributed by atoms with van der Waals surface area (Å²) in [6, 6.07) is 13.0. The largest absolute Gasteiger partial charge is 0.497 e. The first kappa shape index (κ1) is 14.3. The zero-order chi connectivity index (χ0) is 14.5. The molecule has 0 heterocycles. The predicted octanol–water partition coefficient (Wildman–Crippen LogP) is 3.06. The molecular formula is C15H15NO3S. The zero-order valence-corrected chi connectivity index (χ0v) is 11.8. The molecule has 0 aliphatic carbocycles. The van der Waals surface area contributed by atoms with Gasteiger partial charge in [-0.1, -0.05) is 23.9 Å². The van der Waals surface area contributed by atoms with Crippen LogP contribution in [0.15, 0.2) is 52.3 Å². The minimum atomic E-state index is -0.829. The molecule has 2 rings (SSSR count). The molecule has 0 saturated heterocycles. The van der Waals surface area contributed by atoms with E-state index in [9.17, 15) is 4.79 Å². The average molecular weight is 289 g/mol. The number of hydrogen-bond donors (Lipinski definition) is 2. The van der Waals surface area contributed by atoms with Crippen LogP contribution in [0.4, 0.5) is 5.69 Å². The Kier molecular flexibility index (Phi) is 4.53. The monoisotopic (exact) mass is 289 g/mol. The molecule has 0 atom stereocenters. The van der Waals surface area contributed by atoms with Gasteiger partial charge < -0.3 is 15.6 Å². The fourth-order valence-electron chi connectivity index (χ4n) is 1.72. The molecular weight excluding hydrogens is 274 g/mol. The maximum Gasteiger partial charge on any atom is 0.307 e. The Morgan fingerprint density at radius 1 is 1.25 bits per heavy atom. The highest BCUT2D eigenvalue weighted by molar-refractivity contribution is 7.99. The van der Waals surface area contributed by atoms with Gasteiger partial charge in [-0.2, -0.15) is 0 Å². The van der Waals surface area contributed by atoms with Crippen molar-refractivity contribution in [3.05, 3.63) is 48.0 Å². The molecule has 0 unspecified atom stereocenters. The summed E-state index contributed by atoms with van der Waals surface area (Å²) in [6.45, 7) is 0. The van der Waals surface area contributed by atoms with Gasteiger partial charge in [-0.25, -0.2) is 0 Å². The topological polar surface area (TPSA) is 72.5 Å². The number of nitrogen functional groups attached to an aromatic ring is 1. The van der Waals surface area contributed by atoms with Crippen molar-refractivity contribution in [2.45, 2.75) is 16.2 Å². The average Bonchev–Trinajstić information content (AvgIpc) is 2.42. The predicted molar refractivity (Wildman–Crippen MR) is 79.3 cm³/mol. The van der Waals surface area contributed by atoms with Crippen LogP contribution in [0.25, 0.3) is 0 Å². The molecule has 2 aromatic rings. The Hall–Kier alpha value is -2.14. The molecule has 4 nitrogen and oxygen atoms in total. The second-order valence-corrected chi connectivity index (χ2v) is 5.34. The number of benzene rings is 2. The van der Waals surface area contributed by atoms with Crippen molar-refractivity contribution in [3.8, 4) is 5.75 Å². The third kappa shape index (κ3) is 3.68. The molecule has 0 aliphatic heterocycles. The van der Waals surface area contributed by atoms with Crippen LogP contribution in [-0.4, -0.2) is 18.2 Å². The van der Waals surface area contributed by atoms with E-state index >= 15 is 0 Å². The minimum Gasteiger partial charge on any atom is -0.497 e. The van der Waals surface area contributed by atoms with Crippen molar-refractivity contribution in [1.29, 1.82) is 0 Å². The van der Waals surface area contributed by atoms with Crippen molar-refractivity contribution < 1.29 is 14.6 Å². The van der Waals surface area contributed by atoms with Crippen molar-refractivity contribution in [3.63, 3.8) is 0 Å². The van der Waals surface area contributed by atoms with E-state index in [1.807, 2.05) is 36.4 Å². The lowest BCUT2D eigenvalue weighted by Gasteiger charge is -2.08. The number of carboxylic acids is 1. The van der Waals surface area contributed by atoms with Gasteiger partial charge in [0.15, 0.2) is 0 Å². The molecule has 0 aliphatic rings. The number of carboxylic acid groups (broad SMARTS) is 1. The maximum absolute atomic E-state index is 10.6. The molecule has 0 bridgehead atoms. The summed E-state index contributed by atoms with van der Waals surface area (Å²) in [5.41, 5.74) is 7.40. The highest BCUT2D eigenvalue weighted by Crippen LogP contribution is 2.34. The van der Waals surface area contributed by atoms with E-state index < -0.39 is 5.97 Å². The normalized spacial score (nSPS) is 10.2. The number of anilines is 1. The van der Waals surface area contributed by atoms with Gasteiger partial charge in [0.2, 0.25) is 0 Å². The summed E-state index contributed by atoms with van der Waals surface area (Å²) in [5.74, 6) is -0.103. The summed E-state index contributed by atoms with van der Waals surface area (Å²) in [6.07, 6.45) is 0.0373. The number of methoxy groups -OCH3 is 1. The van der Waals surface area contributed by atoms with Crippen LogP contribution in [0.5, 0.6) is 5.75 Å². The molecule has 0 saturated carbocycles. The molecule has 0 amide bonds. The van der Waals surface area contributed by atoms with Crippen LogP contribution >= 0.6 is 11.8 Å². The van der Waals surface area contributed by atoms with E-state index in [4.69, 9.17) is 15.6 Å². The van der Waals surface area contributed by atoms with Crippen molar-refractivity contribution in [1.82, 2.24) is 0 Å². The number of aliphatic carboxylic acids is 1.